The summed E-state index contributed by atoms with van der Waals surface area (Å²) in [5.41, 5.74) is 26.0. The predicted octanol–water partition coefficient (Wildman–Crippen LogP) is 27.1. The van der Waals surface area contributed by atoms with Crippen molar-refractivity contribution >= 4 is 136 Å². The van der Waals surface area contributed by atoms with E-state index >= 15 is 0 Å². The van der Waals surface area contributed by atoms with Crippen molar-refractivity contribution in [1.29, 1.82) is 0 Å². The number of oxazole rings is 5. The van der Waals surface area contributed by atoms with Gasteiger partial charge in [0.1, 0.15) is 31.3 Å². The Morgan fingerprint density at radius 3 is 1.26 bits per heavy atom. The maximum atomic E-state index is 5.62. The zero-order valence-corrected chi connectivity index (χ0v) is 79.3. The number of hydrogen-bond donors (Lipinski definition) is 0. The molecule has 648 valence electrons. The maximum Gasteiger partial charge on any atom is 2.00 e. The summed E-state index contributed by atoms with van der Waals surface area (Å²) in [4.78, 5) is 55.0. The minimum absolute atomic E-state index is 0. The van der Waals surface area contributed by atoms with Crippen molar-refractivity contribution in [2.45, 2.75) is 6.42 Å². The first-order valence-corrected chi connectivity index (χ1v) is 44.6. The van der Waals surface area contributed by atoms with Crippen molar-refractivity contribution in [3.8, 4) is 140 Å². The first-order chi connectivity index (χ1) is 65.4. The second-order valence-corrected chi connectivity index (χ2v) is 34.1. The van der Waals surface area contributed by atoms with E-state index < -0.39 is 0 Å². The van der Waals surface area contributed by atoms with Gasteiger partial charge in [-0.25, -0.2) is 24.9 Å². The van der Waals surface area contributed by atoms with E-state index in [1.165, 1.54) is 0 Å². The Kier molecular flexibility index (Phi) is 22.9. The van der Waals surface area contributed by atoms with Gasteiger partial charge >= 0.3 is 63.2 Å². The molecule has 135 heavy (non-hydrogen) atoms. The topological polar surface area (TPSA) is 235 Å². The summed E-state index contributed by atoms with van der Waals surface area (Å²) in [5, 5.41) is 9.23. The van der Waals surface area contributed by atoms with Crippen LogP contribution in [0.4, 0.5) is 0 Å². The van der Waals surface area contributed by atoms with Crippen LogP contribution in [-0.2, 0) is 63.2 Å². The van der Waals surface area contributed by atoms with Crippen LogP contribution in [0.15, 0.2) is 375 Å². The van der Waals surface area contributed by atoms with Crippen LogP contribution >= 0.6 is 34.0 Å². The second kappa shape index (κ2) is 36.3. The molecule has 12 aromatic carbocycles. The van der Waals surface area contributed by atoms with Crippen molar-refractivity contribution in [3.05, 3.63) is 390 Å². The van der Waals surface area contributed by atoms with Gasteiger partial charge in [-0.15, -0.1) is 155 Å². The summed E-state index contributed by atoms with van der Waals surface area (Å²) in [6.07, 6.45) is 26.3. The first-order valence-electron chi connectivity index (χ1n) is 42.1. The van der Waals surface area contributed by atoms with Gasteiger partial charge in [0.15, 0.2) is 0 Å². The zero-order chi connectivity index (χ0) is 87.1. The molecule has 0 bridgehead atoms. The van der Waals surface area contributed by atoms with E-state index in [-0.39, 0.29) is 63.2 Å². The van der Waals surface area contributed by atoms with E-state index in [1.807, 2.05) is 121 Å². The number of fused-ring (bicyclic) bond motifs is 12. The summed E-state index contributed by atoms with van der Waals surface area (Å²) >= 11 is 4.94. The number of rotatable bonds is 15. The van der Waals surface area contributed by atoms with Crippen LogP contribution in [0.25, 0.3) is 236 Å². The van der Waals surface area contributed by atoms with Crippen molar-refractivity contribution in [2.24, 2.45) is 4.99 Å². The molecule has 27 rings (SSSR count). The molecule has 0 N–H and O–H groups in total. The molecule has 0 saturated carbocycles. The Balaban J connectivity index is 0.000000116. The monoisotopic (exact) mass is 2340 g/mol. The Morgan fingerprint density at radius 2 is 0.733 bits per heavy atom. The average Bonchev–Trinajstić information content (AvgIpc) is 1.59. The molecule has 1 aliphatic heterocycles. The largest absolute Gasteiger partial charge is 2.00 e. The van der Waals surface area contributed by atoms with Gasteiger partial charge in [-0.3, -0.25) is 19.9 Å². The molecule has 1 aliphatic rings. The van der Waals surface area contributed by atoms with Gasteiger partial charge < -0.3 is 50.7 Å². The Labute approximate surface area is 823 Å². The molecule has 0 unspecified atom stereocenters. The molecule has 0 fully saturated rings. The fraction of sp³-hybridized carbons (Fsp3) is 0.00917. The summed E-state index contributed by atoms with van der Waals surface area (Å²) in [6.45, 7) is 0. The van der Waals surface area contributed by atoms with E-state index in [1.54, 1.807) is 115 Å². The summed E-state index contributed by atoms with van der Waals surface area (Å²) in [6, 6.07) is 109. The molecule has 26 heteroatoms. The van der Waals surface area contributed by atoms with Crippen LogP contribution in [0.3, 0.4) is 0 Å². The van der Waals surface area contributed by atoms with Gasteiger partial charge in [0.2, 0.25) is 29.5 Å². The van der Waals surface area contributed by atoms with E-state index in [0.717, 1.165) is 224 Å². The normalized spacial score (nSPS) is 11.8. The minimum atomic E-state index is 0. The number of pyridine rings is 3. The molecule has 20 nitrogen and oxygen atoms in total. The van der Waals surface area contributed by atoms with Gasteiger partial charge in [0.05, 0.1) is 53.1 Å². The molecule has 0 atom stereocenters. The number of allylic oxidation sites excluding steroid dienone is 1. The molecule has 0 aliphatic carbocycles. The van der Waals surface area contributed by atoms with Crippen molar-refractivity contribution in [2.75, 3.05) is 0 Å². The molecule has 14 aromatic heterocycles. The predicted molar refractivity (Wildman–Crippen MR) is 519 cm³/mol. The Bertz CT molecular complexity index is 8580. The van der Waals surface area contributed by atoms with Gasteiger partial charge in [0, 0.05) is 105 Å². The van der Waals surface area contributed by atoms with E-state index in [2.05, 4.69) is 231 Å². The molecule has 0 radical (unpaired) electrons. The third kappa shape index (κ3) is 15.9. The number of benzene rings is 12. The van der Waals surface area contributed by atoms with Crippen LogP contribution < -0.4 is 0 Å². The molecule has 0 saturated heterocycles. The molecule has 0 spiro atoms. The quantitative estimate of drug-likeness (QED) is 0.0868. The van der Waals surface area contributed by atoms with Crippen molar-refractivity contribution < 1.29 is 85.3 Å². The summed E-state index contributed by atoms with van der Waals surface area (Å²) < 4.78 is 37.7. The number of nitrogens with zero attached hydrogens (tertiary/aromatic N) is 15. The van der Waals surface area contributed by atoms with E-state index in [0.29, 0.717) is 29.5 Å². The maximum absolute atomic E-state index is 5.62. The standard InChI is InChI=1S/C37H21N5OS.2C36H19N5O2S.3Pt/c1-3-9-32-26(6-1)27-14-12-24(37-41-31-7-2-4-10-35(31)44-37)21-33(27)42(32)34-20-23(11-15-28(34)30-8-5-17-38-30)29-16-13-25(22-40-29)36-39-18-19-43-36;1-2-13-37-29(6-1)22-4-3-5-26(18-22)41-31-12-9-23(34-38-14-16-42-34)19-28(31)27-10-7-25(20-32(27)41)36-40-30-11-8-24(21-33(30)44-36)35-39-15-17-43-35;1-2-13-37-29(6-1)22-4-3-5-26(18-22)41-31-11-8-23(34-38-14-16-42-34)19-28(31)27-10-7-25(21-32(27)41)36-40-30-20-24(9-12-33(30)44-36)35-39-15-17-43-35;;;/h1-7,9-19,22H,8H2;1-17,19,21H;1-17,19-20H;;;/q3*-2;3*+2. The van der Waals surface area contributed by atoms with Gasteiger partial charge in [0.25, 0.3) is 0 Å². The number of hydrogen-bond acceptors (Lipinski definition) is 20. The third-order valence-corrected chi connectivity index (χ3v) is 26.4. The average molecular weight is 2340 g/mol. The molecule has 0 amide bonds. The fourth-order valence-electron chi connectivity index (χ4n) is 17.1. The molecular weight excluding hydrogens is 2280 g/mol. The van der Waals surface area contributed by atoms with E-state index in [9.17, 15) is 0 Å². The van der Waals surface area contributed by atoms with Gasteiger partial charge in [-0.05, 0) is 170 Å². The zero-order valence-electron chi connectivity index (χ0n) is 70.0. The number of thiazole rings is 3. The molecular formula is C109H59N15O5Pt3S3. The van der Waals surface area contributed by atoms with Crippen LogP contribution in [-0.4, -0.2) is 74.2 Å². The first kappa shape index (κ1) is 85.2. The number of aromatic nitrogens is 14. The summed E-state index contributed by atoms with van der Waals surface area (Å²) in [5.74, 6) is 2.87. The second-order valence-electron chi connectivity index (χ2n) is 31.0. The van der Waals surface area contributed by atoms with Gasteiger partial charge in [-0.2, -0.15) is 34.0 Å². The van der Waals surface area contributed by atoms with Crippen LogP contribution in [0, 0.1) is 36.4 Å². The van der Waals surface area contributed by atoms with Crippen LogP contribution in [0.1, 0.15) is 12.0 Å². The van der Waals surface area contributed by atoms with Crippen molar-refractivity contribution in [1.82, 2.24) is 68.5 Å². The Hall–Kier alpha value is -15.3. The number of para-hydroxylation sites is 2. The Morgan fingerprint density at radius 1 is 0.289 bits per heavy atom. The fourth-order valence-corrected chi connectivity index (χ4v) is 20.0. The molecule has 15 heterocycles. The third-order valence-electron chi connectivity index (χ3n) is 23.2. The van der Waals surface area contributed by atoms with Crippen LogP contribution in [0.5, 0.6) is 0 Å². The number of aliphatic imine (C=N–C) groups is 1. The van der Waals surface area contributed by atoms with Gasteiger partial charge in [-0.1, -0.05) is 94.5 Å². The van der Waals surface area contributed by atoms with Crippen LogP contribution in [0.2, 0.25) is 0 Å². The van der Waals surface area contributed by atoms with E-state index in [4.69, 9.17) is 47.0 Å². The minimum Gasteiger partial charge on any atom is -0.445 e. The molecule has 26 aromatic rings. The summed E-state index contributed by atoms with van der Waals surface area (Å²) in [7, 11) is 0. The smallest absolute Gasteiger partial charge is 0.445 e. The SMILES string of the molecule is [Pt+2].[Pt+2].[Pt+2].[c-]1c(-c2ccc(-c3ncco3)cn2)ccc(C2=NC=CC2)c1-n1c2[c-]c(-c3nc4ccccc4s3)ccc2c2ccccc21.[c-]1c(-c2ccccn2)cccc1-n1c2[c-]c(-c3nc4cc(-c5ncco5)ccc4s3)ccc2c2cc(-c3ncco3)ccc21.[c-]1c(-c2ccccn2)cccc1-n1c2[c-]c(-c3nc4ccc(-c5ncco5)cc4s3)ccc2c2cc(-c3ncco3)ccc21. The van der Waals surface area contributed by atoms with Crippen molar-refractivity contribution in [3.63, 3.8) is 0 Å².